The molecule has 2 aliphatic rings. The molecule has 0 spiro atoms. The minimum absolute atomic E-state index is 0.00998. The molecule has 4 aromatic rings. The van der Waals surface area contributed by atoms with E-state index in [-0.39, 0.29) is 22.0 Å². The predicted molar refractivity (Wildman–Crippen MR) is 151 cm³/mol. The first-order chi connectivity index (χ1) is 20.1. The Balaban J connectivity index is 1.37. The van der Waals surface area contributed by atoms with Gasteiger partial charge in [0.2, 0.25) is 5.91 Å². The zero-order chi connectivity index (χ0) is 29.6. The van der Waals surface area contributed by atoms with Crippen LogP contribution in [0.25, 0.3) is 0 Å². The van der Waals surface area contributed by atoms with Crippen molar-refractivity contribution < 1.29 is 32.0 Å². The summed E-state index contributed by atoms with van der Waals surface area (Å²) in [6.45, 7) is 1.89. The van der Waals surface area contributed by atoms with Gasteiger partial charge in [0.05, 0.1) is 22.3 Å². The summed E-state index contributed by atoms with van der Waals surface area (Å²) in [5, 5.41) is 12.8. The van der Waals surface area contributed by atoms with Crippen molar-refractivity contribution in [2.24, 2.45) is 5.92 Å². The minimum atomic E-state index is -4.09. The molecule has 42 heavy (non-hydrogen) atoms. The summed E-state index contributed by atoms with van der Waals surface area (Å²) in [6.07, 6.45) is -1.18. The number of hydroxylamine groups is 1. The molecule has 0 unspecified atom stereocenters. The lowest BCUT2D eigenvalue weighted by Gasteiger charge is -2.28. The second-order valence-corrected chi connectivity index (χ2v) is 11.4. The number of benzene rings is 4. The van der Waals surface area contributed by atoms with Crippen molar-refractivity contribution in [3.63, 3.8) is 0 Å². The van der Waals surface area contributed by atoms with Crippen molar-refractivity contribution in [1.29, 1.82) is 0 Å². The van der Waals surface area contributed by atoms with E-state index in [2.05, 4.69) is 0 Å². The molecule has 0 aliphatic carbocycles. The van der Waals surface area contributed by atoms with Crippen LogP contribution in [0, 0.1) is 23.0 Å². The Morgan fingerprint density at radius 1 is 0.833 bits per heavy atom. The lowest BCUT2D eigenvalue weighted by molar-refractivity contribution is -0.384. The Hall–Kier alpha value is -5.07. The molecule has 0 aromatic heterocycles. The fraction of sp³-hybridized carbons (Fsp3) is 0.133. The lowest BCUT2D eigenvalue weighted by Crippen LogP contribution is -2.37. The monoisotopic (exact) mass is 585 g/mol. The number of anilines is 2. The summed E-state index contributed by atoms with van der Waals surface area (Å²) in [5.74, 6) is -1.99. The summed E-state index contributed by atoms with van der Waals surface area (Å²) < 4.78 is 30.7. The van der Waals surface area contributed by atoms with Crippen LogP contribution in [-0.4, -0.2) is 31.3 Å². The molecule has 0 radical (unpaired) electrons. The number of hydrogen-bond donors (Lipinski definition) is 0. The number of hydrogen-bond acceptors (Lipinski definition) is 9. The number of fused-ring (bicyclic) bond motifs is 1. The number of carbonyl (C=O) groups is 2. The number of amides is 2. The first-order valence-corrected chi connectivity index (χ1v) is 14.3. The highest BCUT2D eigenvalue weighted by Gasteiger charge is 2.60. The topological polar surface area (TPSA) is 136 Å². The van der Waals surface area contributed by atoms with E-state index < -0.39 is 44.9 Å². The molecule has 4 aromatic carbocycles. The van der Waals surface area contributed by atoms with E-state index >= 15 is 0 Å². The van der Waals surface area contributed by atoms with Crippen LogP contribution in [0.1, 0.15) is 17.2 Å². The maximum Gasteiger partial charge on any atom is 0.339 e. The molecular formula is C30H23N3O8S. The van der Waals surface area contributed by atoms with E-state index in [1.54, 1.807) is 60.7 Å². The van der Waals surface area contributed by atoms with Gasteiger partial charge in [-0.2, -0.15) is 8.42 Å². The third-order valence-electron chi connectivity index (χ3n) is 7.16. The van der Waals surface area contributed by atoms with Crippen LogP contribution >= 0.6 is 0 Å². The number of imide groups is 1. The van der Waals surface area contributed by atoms with Gasteiger partial charge in [-0.3, -0.25) is 24.5 Å². The number of nitro groups is 1. The molecular weight excluding hydrogens is 562 g/mol. The highest BCUT2D eigenvalue weighted by Crippen LogP contribution is 2.48. The average Bonchev–Trinajstić information content (AvgIpc) is 3.50. The normalized spacial score (nSPS) is 20.1. The van der Waals surface area contributed by atoms with Crippen molar-refractivity contribution in [3.05, 3.63) is 124 Å². The Morgan fingerprint density at radius 3 is 2.19 bits per heavy atom. The van der Waals surface area contributed by atoms with Gasteiger partial charge in [-0.25, -0.2) is 9.96 Å². The van der Waals surface area contributed by atoms with Gasteiger partial charge in [-0.05, 0) is 55.0 Å². The van der Waals surface area contributed by atoms with Crippen LogP contribution in [0.15, 0.2) is 108 Å². The fourth-order valence-electron chi connectivity index (χ4n) is 5.15. The number of rotatable bonds is 7. The zero-order valence-corrected chi connectivity index (χ0v) is 22.9. The summed E-state index contributed by atoms with van der Waals surface area (Å²) in [5.41, 5.74) is 1.95. The van der Waals surface area contributed by atoms with Gasteiger partial charge in [-0.15, -0.1) is 0 Å². The number of nitro benzene ring substituents is 1. The first kappa shape index (κ1) is 27.1. The van der Waals surface area contributed by atoms with Gasteiger partial charge in [-0.1, -0.05) is 54.1 Å². The van der Waals surface area contributed by atoms with E-state index in [1.165, 1.54) is 47.5 Å². The van der Waals surface area contributed by atoms with E-state index in [1.807, 2.05) is 6.92 Å². The molecule has 2 aliphatic heterocycles. The average molecular weight is 586 g/mol. The summed E-state index contributed by atoms with van der Waals surface area (Å²) >= 11 is 0. The van der Waals surface area contributed by atoms with Crippen molar-refractivity contribution >= 4 is 39.0 Å². The standard InChI is InChI=1S/C30H23N3O8S/c1-19-10-14-21(15-11-19)31-29(34)26-27(32(40-28(26)30(31)35)22-6-5-7-23(18-22)33(36)37)20-12-16-24(17-13-20)41-42(38,39)25-8-3-2-4-9-25/h2-18,26-28H,1H3/t26-,27-,28+/m0/s1. The molecule has 6 rings (SSSR count). The largest absolute Gasteiger partial charge is 0.379 e. The van der Waals surface area contributed by atoms with Gasteiger partial charge in [0.15, 0.2) is 6.10 Å². The Bertz CT molecular complexity index is 1790. The van der Waals surface area contributed by atoms with Crippen LogP contribution < -0.4 is 14.1 Å². The van der Waals surface area contributed by atoms with Crippen molar-refractivity contribution in [3.8, 4) is 5.75 Å². The minimum Gasteiger partial charge on any atom is -0.379 e. The van der Waals surface area contributed by atoms with E-state index in [0.717, 1.165) is 10.5 Å². The molecule has 212 valence electrons. The van der Waals surface area contributed by atoms with Gasteiger partial charge in [0, 0.05) is 12.1 Å². The molecule has 3 atom stereocenters. The van der Waals surface area contributed by atoms with Crippen LogP contribution in [0.5, 0.6) is 5.75 Å². The fourth-order valence-corrected chi connectivity index (χ4v) is 6.10. The highest BCUT2D eigenvalue weighted by atomic mass is 32.2. The third kappa shape index (κ3) is 4.76. The molecule has 0 N–H and O–H groups in total. The van der Waals surface area contributed by atoms with Gasteiger partial charge in [0.1, 0.15) is 16.6 Å². The molecule has 2 heterocycles. The van der Waals surface area contributed by atoms with Crippen LogP contribution in [0.3, 0.4) is 0 Å². The molecule has 2 fully saturated rings. The number of aryl methyl sites for hydroxylation is 1. The summed E-state index contributed by atoms with van der Waals surface area (Å²) in [4.78, 5) is 45.4. The number of non-ortho nitro benzene ring substituents is 1. The van der Waals surface area contributed by atoms with Gasteiger partial charge in [0.25, 0.3) is 11.6 Å². The first-order valence-electron chi connectivity index (χ1n) is 12.9. The zero-order valence-electron chi connectivity index (χ0n) is 22.1. The molecule has 0 saturated carbocycles. The number of nitrogens with zero attached hydrogens (tertiary/aromatic N) is 3. The quantitative estimate of drug-likeness (QED) is 0.131. The molecule has 2 saturated heterocycles. The Labute approximate surface area is 240 Å². The Kier molecular flexibility index (Phi) is 6.71. The predicted octanol–water partition coefficient (Wildman–Crippen LogP) is 4.72. The van der Waals surface area contributed by atoms with Gasteiger partial charge >= 0.3 is 10.1 Å². The Morgan fingerprint density at radius 2 is 1.52 bits per heavy atom. The van der Waals surface area contributed by atoms with E-state index in [0.29, 0.717) is 11.3 Å². The molecule has 12 heteroatoms. The number of carbonyl (C=O) groups excluding carboxylic acids is 2. The summed E-state index contributed by atoms with van der Waals surface area (Å²) in [6, 6.07) is 25.5. The third-order valence-corrected chi connectivity index (χ3v) is 8.42. The molecule has 0 bridgehead atoms. The molecule has 2 amide bonds. The highest BCUT2D eigenvalue weighted by molar-refractivity contribution is 7.87. The van der Waals surface area contributed by atoms with Crippen LogP contribution in [0.4, 0.5) is 17.1 Å². The maximum absolute atomic E-state index is 13.8. The summed E-state index contributed by atoms with van der Waals surface area (Å²) in [7, 11) is -4.09. The van der Waals surface area contributed by atoms with Crippen molar-refractivity contribution in [1.82, 2.24) is 0 Å². The maximum atomic E-state index is 13.8. The second-order valence-electron chi connectivity index (χ2n) is 9.87. The van der Waals surface area contributed by atoms with Crippen molar-refractivity contribution in [2.75, 3.05) is 9.96 Å². The SMILES string of the molecule is Cc1ccc(N2C(=O)[C@@H]3[C@@H](ON(c4cccc([N+](=O)[O-])c4)[C@H]3c3ccc(OS(=O)(=O)c4ccccc4)cc3)C2=O)cc1. The van der Waals surface area contributed by atoms with E-state index in [9.17, 15) is 28.1 Å². The van der Waals surface area contributed by atoms with Crippen molar-refractivity contribution in [2.45, 2.75) is 24.0 Å². The van der Waals surface area contributed by atoms with E-state index in [4.69, 9.17) is 9.02 Å². The lowest BCUT2D eigenvalue weighted by atomic mass is 9.90. The smallest absolute Gasteiger partial charge is 0.339 e. The molecule has 11 nitrogen and oxygen atoms in total. The van der Waals surface area contributed by atoms with Crippen LogP contribution in [0.2, 0.25) is 0 Å². The second kappa shape index (κ2) is 10.4. The van der Waals surface area contributed by atoms with Crippen LogP contribution in [-0.2, 0) is 24.5 Å². The van der Waals surface area contributed by atoms with Gasteiger partial charge < -0.3 is 4.18 Å².